The number of ether oxygens (including phenoxy) is 1. The van der Waals surface area contributed by atoms with Gasteiger partial charge in [0.05, 0.1) is 6.54 Å². The van der Waals surface area contributed by atoms with Crippen LogP contribution in [0.25, 0.3) is 0 Å². The maximum Gasteiger partial charge on any atom is 0.534 e. The van der Waals surface area contributed by atoms with E-state index >= 15 is 0 Å². The molecule has 1 amide bonds. The molecule has 1 atom stereocenters. The van der Waals surface area contributed by atoms with Gasteiger partial charge < -0.3 is 14.0 Å². The molecule has 24 heavy (non-hydrogen) atoms. The zero-order chi connectivity index (χ0) is 19.1. The molecule has 12 heteroatoms. The lowest BCUT2D eigenvalue weighted by Gasteiger charge is -2.32. The van der Waals surface area contributed by atoms with Crippen molar-refractivity contribution in [1.29, 1.82) is 0 Å². The topological polar surface area (TPSA) is 110 Å². The van der Waals surface area contributed by atoms with Gasteiger partial charge in [0.2, 0.25) is 0 Å². The summed E-state index contributed by atoms with van der Waals surface area (Å²) < 4.78 is 68.0. The highest BCUT2D eigenvalue weighted by Crippen LogP contribution is 2.33. The Balaban J connectivity index is 3.14. The van der Waals surface area contributed by atoms with Crippen LogP contribution in [0.3, 0.4) is 0 Å². The molecular formula is C12H16F3NO7S. The number of carbonyl (C=O) groups is 2. The van der Waals surface area contributed by atoms with Crippen molar-refractivity contribution in [2.24, 2.45) is 0 Å². The van der Waals surface area contributed by atoms with E-state index in [0.717, 1.165) is 6.92 Å². The highest BCUT2D eigenvalue weighted by atomic mass is 32.2. The Bertz CT molecular complexity index is 678. The summed E-state index contributed by atoms with van der Waals surface area (Å²) in [7, 11) is -5.98. The van der Waals surface area contributed by atoms with E-state index in [4.69, 9.17) is 4.74 Å². The lowest BCUT2D eigenvalue weighted by molar-refractivity contribution is -0.146. The number of alkyl halides is 3. The molecule has 0 bridgehead atoms. The molecule has 0 aliphatic carbocycles. The van der Waals surface area contributed by atoms with Gasteiger partial charge >= 0.3 is 27.7 Å². The largest absolute Gasteiger partial charge is 0.534 e. The van der Waals surface area contributed by atoms with Crippen LogP contribution in [0.4, 0.5) is 18.0 Å². The molecule has 1 aliphatic rings. The summed E-state index contributed by atoms with van der Waals surface area (Å²) in [6.45, 7) is 4.68. The number of aliphatic carboxylic acids is 1. The summed E-state index contributed by atoms with van der Waals surface area (Å²) in [5, 5.41) is 9.24. The highest BCUT2D eigenvalue weighted by Gasteiger charge is 2.53. The number of rotatable bonds is 3. The third-order valence-corrected chi connectivity index (χ3v) is 3.86. The van der Waals surface area contributed by atoms with Gasteiger partial charge in [-0.15, -0.1) is 0 Å². The fraction of sp³-hybridized carbons (Fsp3) is 0.667. The lowest BCUT2D eigenvalue weighted by atomic mass is 10.0. The van der Waals surface area contributed by atoms with E-state index in [9.17, 15) is 36.3 Å². The van der Waals surface area contributed by atoms with Gasteiger partial charge in [0.25, 0.3) is 0 Å². The molecule has 1 heterocycles. The minimum absolute atomic E-state index is 0.557. The van der Waals surface area contributed by atoms with E-state index in [1.165, 1.54) is 20.8 Å². The second kappa shape index (κ2) is 5.83. The third-order valence-electron chi connectivity index (χ3n) is 2.86. The van der Waals surface area contributed by atoms with Crippen LogP contribution in [0.5, 0.6) is 0 Å². The van der Waals surface area contributed by atoms with Crippen molar-refractivity contribution >= 4 is 22.2 Å². The summed E-state index contributed by atoms with van der Waals surface area (Å²) in [6.07, 6.45) is -0.533. The zero-order valence-corrected chi connectivity index (χ0v) is 14.0. The number of carboxylic acid groups (broad SMARTS) is 1. The molecule has 138 valence electrons. The van der Waals surface area contributed by atoms with Gasteiger partial charge in [-0.25, -0.2) is 9.59 Å². The molecule has 0 fully saturated rings. The maximum atomic E-state index is 12.4. The predicted octanol–water partition coefficient (Wildman–Crippen LogP) is 1.83. The van der Waals surface area contributed by atoms with Crippen molar-refractivity contribution in [3.8, 4) is 0 Å². The van der Waals surface area contributed by atoms with Gasteiger partial charge in [0, 0.05) is 0 Å². The summed E-state index contributed by atoms with van der Waals surface area (Å²) in [5.74, 6) is -2.44. The zero-order valence-electron chi connectivity index (χ0n) is 13.2. The smallest absolute Gasteiger partial charge is 0.479 e. The molecule has 0 saturated carbocycles. The van der Waals surface area contributed by atoms with E-state index in [2.05, 4.69) is 4.18 Å². The van der Waals surface area contributed by atoms with Crippen LogP contribution in [-0.4, -0.2) is 53.7 Å². The fourth-order valence-corrected chi connectivity index (χ4v) is 2.22. The Kier molecular flexibility index (Phi) is 4.87. The number of nitrogens with zero attached hydrogens (tertiary/aromatic N) is 1. The predicted molar refractivity (Wildman–Crippen MR) is 73.1 cm³/mol. The van der Waals surface area contributed by atoms with Crippen LogP contribution in [0.1, 0.15) is 27.7 Å². The molecule has 0 unspecified atom stereocenters. The first-order valence-corrected chi connectivity index (χ1v) is 7.87. The maximum absolute atomic E-state index is 12.4. The number of amides is 1. The quantitative estimate of drug-likeness (QED) is 0.592. The normalized spacial score (nSPS) is 22.1. The monoisotopic (exact) mass is 375 g/mol. The standard InChI is InChI=1S/C12H16F3NO7S/c1-10(2,3)22-9(19)16-6-7(5-11(16,4)8(17)18)23-24(20,21)12(13,14)15/h5H,6H2,1-4H3,(H,17,18)/t11-/m0/s1. The van der Waals surface area contributed by atoms with Gasteiger partial charge in [-0.05, 0) is 33.8 Å². The summed E-state index contributed by atoms with van der Waals surface area (Å²) >= 11 is 0. The first-order chi connectivity index (χ1) is 10.5. The molecule has 1 rings (SSSR count). The minimum Gasteiger partial charge on any atom is -0.479 e. The summed E-state index contributed by atoms with van der Waals surface area (Å²) in [5.41, 5.74) is -8.82. The van der Waals surface area contributed by atoms with Crippen LogP contribution in [0, 0.1) is 0 Å². The number of hydrogen-bond acceptors (Lipinski definition) is 6. The summed E-state index contributed by atoms with van der Waals surface area (Å²) in [6, 6.07) is 0. The molecule has 1 aliphatic heterocycles. The fourth-order valence-electron chi connectivity index (χ4n) is 1.74. The molecule has 0 saturated heterocycles. The first-order valence-electron chi connectivity index (χ1n) is 6.46. The Morgan fingerprint density at radius 3 is 2.17 bits per heavy atom. The molecular weight excluding hydrogens is 359 g/mol. The number of halogens is 3. The van der Waals surface area contributed by atoms with E-state index in [-0.39, 0.29) is 0 Å². The van der Waals surface area contributed by atoms with Crippen LogP contribution in [0.15, 0.2) is 11.8 Å². The van der Waals surface area contributed by atoms with Crippen molar-refractivity contribution in [1.82, 2.24) is 4.90 Å². The second-order valence-electron chi connectivity index (χ2n) is 6.11. The molecule has 0 radical (unpaired) electrons. The molecule has 0 aromatic carbocycles. The lowest BCUT2D eigenvalue weighted by Crippen LogP contribution is -2.52. The van der Waals surface area contributed by atoms with Crippen molar-refractivity contribution in [2.45, 2.75) is 44.3 Å². The van der Waals surface area contributed by atoms with Gasteiger partial charge in [-0.2, -0.15) is 21.6 Å². The summed E-state index contributed by atoms with van der Waals surface area (Å²) in [4.78, 5) is 24.0. The minimum atomic E-state index is -5.98. The van der Waals surface area contributed by atoms with Crippen LogP contribution >= 0.6 is 0 Å². The number of hydrogen-bond donors (Lipinski definition) is 1. The molecule has 0 aromatic heterocycles. The average Bonchev–Trinajstić information content (AvgIpc) is 2.63. The Labute approximate surface area is 135 Å². The van der Waals surface area contributed by atoms with Gasteiger partial charge in [0.1, 0.15) is 11.4 Å². The first kappa shape index (κ1) is 20.1. The van der Waals surface area contributed by atoms with Gasteiger partial charge in [-0.1, -0.05) is 0 Å². The van der Waals surface area contributed by atoms with Crippen molar-refractivity contribution in [3.63, 3.8) is 0 Å². The van der Waals surface area contributed by atoms with E-state index in [1.54, 1.807) is 0 Å². The number of carbonyl (C=O) groups excluding carboxylic acids is 1. The van der Waals surface area contributed by atoms with Crippen LogP contribution < -0.4 is 0 Å². The molecule has 8 nitrogen and oxygen atoms in total. The third kappa shape index (κ3) is 4.10. The Morgan fingerprint density at radius 2 is 1.79 bits per heavy atom. The van der Waals surface area contributed by atoms with Crippen molar-refractivity contribution in [3.05, 3.63) is 11.8 Å². The van der Waals surface area contributed by atoms with Crippen LogP contribution in [0.2, 0.25) is 0 Å². The Hall–Kier alpha value is -1.98. The molecule has 0 aromatic rings. The average molecular weight is 375 g/mol. The van der Waals surface area contributed by atoms with E-state index < -0.39 is 51.1 Å². The van der Waals surface area contributed by atoms with E-state index in [1.807, 2.05) is 0 Å². The van der Waals surface area contributed by atoms with Gasteiger partial charge in [-0.3, -0.25) is 4.90 Å². The SMILES string of the molecule is CC(C)(C)OC(=O)N1CC(OS(=O)(=O)C(F)(F)F)=C[C@@]1(C)C(=O)O. The highest BCUT2D eigenvalue weighted by molar-refractivity contribution is 7.87. The van der Waals surface area contributed by atoms with E-state index in [0.29, 0.717) is 11.0 Å². The van der Waals surface area contributed by atoms with Crippen molar-refractivity contribution < 1.29 is 45.2 Å². The second-order valence-corrected chi connectivity index (χ2v) is 7.65. The molecule has 1 N–H and O–H groups in total. The molecule has 0 spiro atoms. The van der Waals surface area contributed by atoms with Crippen molar-refractivity contribution in [2.75, 3.05) is 6.54 Å². The van der Waals surface area contributed by atoms with Crippen LogP contribution in [-0.2, 0) is 23.8 Å². The van der Waals surface area contributed by atoms with Gasteiger partial charge in [0.15, 0.2) is 5.54 Å². The Morgan fingerprint density at radius 1 is 1.29 bits per heavy atom. The number of carboxylic acids is 1.